The molecule has 0 aliphatic carbocycles. The summed E-state index contributed by atoms with van der Waals surface area (Å²) in [6.45, 7) is 1.95. The molecule has 0 fully saturated rings. The lowest BCUT2D eigenvalue weighted by atomic mass is 10.0. The quantitative estimate of drug-likeness (QED) is 0.727. The summed E-state index contributed by atoms with van der Waals surface area (Å²) in [5.41, 5.74) is 6.96. The monoisotopic (exact) mass is 195 g/mol. The summed E-state index contributed by atoms with van der Waals surface area (Å²) >= 11 is 0. The average Bonchev–Trinajstić information content (AvgIpc) is 2.19. The van der Waals surface area contributed by atoms with Crippen LogP contribution in [0.2, 0.25) is 0 Å². The van der Waals surface area contributed by atoms with E-state index in [4.69, 9.17) is 10.6 Å². The van der Waals surface area contributed by atoms with E-state index in [1.54, 1.807) is 18.4 Å². The van der Waals surface area contributed by atoms with Crippen molar-refractivity contribution in [1.82, 2.24) is 10.0 Å². The normalized spacial score (nSPS) is 15.5. The van der Waals surface area contributed by atoms with Crippen LogP contribution in [0.1, 0.15) is 18.5 Å². The average molecular weight is 195 g/mol. The number of hydrogen-bond donors (Lipinski definition) is 1. The summed E-state index contributed by atoms with van der Waals surface area (Å²) < 4.78 is 0. The maximum Gasteiger partial charge on any atom is 0.0761 e. The van der Waals surface area contributed by atoms with Gasteiger partial charge in [-0.25, -0.2) is 0 Å². The lowest BCUT2D eigenvalue weighted by molar-refractivity contribution is -0.146. The predicted molar refractivity (Wildman–Crippen MR) is 55.4 cm³/mol. The molecule has 0 bridgehead atoms. The van der Waals surface area contributed by atoms with Crippen LogP contribution in [-0.2, 0) is 4.84 Å². The molecular weight excluding hydrogens is 178 g/mol. The highest BCUT2D eigenvalue weighted by molar-refractivity contribution is 5.15. The molecule has 1 heterocycles. The lowest BCUT2D eigenvalue weighted by Crippen LogP contribution is -2.36. The lowest BCUT2D eigenvalue weighted by Gasteiger charge is -2.28. The van der Waals surface area contributed by atoms with Gasteiger partial charge in [-0.05, 0) is 18.6 Å². The van der Waals surface area contributed by atoms with E-state index in [9.17, 15) is 0 Å². The van der Waals surface area contributed by atoms with Crippen molar-refractivity contribution in [3.63, 3.8) is 0 Å². The van der Waals surface area contributed by atoms with Crippen LogP contribution in [-0.4, -0.2) is 30.2 Å². The van der Waals surface area contributed by atoms with E-state index in [0.29, 0.717) is 0 Å². The molecule has 2 unspecified atom stereocenters. The van der Waals surface area contributed by atoms with Gasteiger partial charge in [0.25, 0.3) is 0 Å². The summed E-state index contributed by atoms with van der Waals surface area (Å²) in [4.78, 5) is 9.22. The minimum absolute atomic E-state index is 0.0100. The zero-order valence-corrected chi connectivity index (χ0v) is 8.84. The molecule has 1 rings (SSSR count). The first-order valence-corrected chi connectivity index (χ1v) is 4.59. The van der Waals surface area contributed by atoms with Crippen LogP contribution < -0.4 is 5.73 Å². The highest BCUT2D eigenvalue weighted by Crippen LogP contribution is 2.20. The smallest absolute Gasteiger partial charge is 0.0761 e. The van der Waals surface area contributed by atoms with Crippen LogP contribution in [0.15, 0.2) is 24.5 Å². The van der Waals surface area contributed by atoms with Crippen LogP contribution in [0.25, 0.3) is 0 Å². The Morgan fingerprint density at radius 1 is 1.57 bits per heavy atom. The van der Waals surface area contributed by atoms with Gasteiger partial charge < -0.3 is 10.6 Å². The topological polar surface area (TPSA) is 51.4 Å². The van der Waals surface area contributed by atoms with Crippen molar-refractivity contribution < 1.29 is 4.84 Å². The van der Waals surface area contributed by atoms with Crippen LogP contribution in [0.3, 0.4) is 0 Å². The summed E-state index contributed by atoms with van der Waals surface area (Å²) in [5.74, 6) is 0. The van der Waals surface area contributed by atoms with E-state index in [1.165, 1.54) is 0 Å². The Kier molecular flexibility index (Phi) is 4.00. The minimum Gasteiger partial charge on any atom is -0.326 e. The predicted octanol–water partition coefficient (Wildman–Crippen LogP) is 0.963. The van der Waals surface area contributed by atoms with Gasteiger partial charge in [0.1, 0.15) is 0 Å². The fourth-order valence-corrected chi connectivity index (χ4v) is 1.51. The van der Waals surface area contributed by atoms with Gasteiger partial charge in [-0.1, -0.05) is 6.07 Å². The molecule has 2 N–H and O–H groups in total. The van der Waals surface area contributed by atoms with E-state index in [2.05, 4.69) is 4.98 Å². The second kappa shape index (κ2) is 5.05. The van der Waals surface area contributed by atoms with Gasteiger partial charge in [0.2, 0.25) is 0 Å². The molecule has 0 radical (unpaired) electrons. The molecule has 14 heavy (non-hydrogen) atoms. The summed E-state index contributed by atoms with van der Waals surface area (Å²) in [5, 5.41) is 1.74. The molecule has 2 atom stereocenters. The van der Waals surface area contributed by atoms with Crippen molar-refractivity contribution in [2.45, 2.75) is 19.0 Å². The van der Waals surface area contributed by atoms with E-state index in [-0.39, 0.29) is 12.1 Å². The van der Waals surface area contributed by atoms with E-state index in [1.807, 2.05) is 32.3 Å². The molecule has 0 saturated heterocycles. The molecule has 0 amide bonds. The molecule has 0 saturated carbocycles. The number of hydroxylamine groups is 2. The second-order valence-electron chi connectivity index (χ2n) is 3.32. The third kappa shape index (κ3) is 2.51. The molecule has 0 aliphatic heterocycles. The largest absolute Gasteiger partial charge is 0.326 e. The third-order valence-electron chi connectivity index (χ3n) is 2.20. The maximum absolute atomic E-state index is 5.90. The number of nitrogens with zero attached hydrogens (tertiary/aromatic N) is 2. The molecule has 0 aromatic carbocycles. The number of hydrogen-bond acceptors (Lipinski definition) is 4. The first-order valence-electron chi connectivity index (χ1n) is 4.59. The SMILES string of the molecule is CON(C)C(c1cccnc1)C(C)N. The van der Waals surface area contributed by atoms with Crippen LogP contribution >= 0.6 is 0 Å². The molecular formula is C10H17N3O. The molecule has 1 aromatic heterocycles. The zero-order valence-electron chi connectivity index (χ0n) is 8.84. The highest BCUT2D eigenvalue weighted by Gasteiger charge is 2.21. The van der Waals surface area contributed by atoms with Crippen molar-refractivity contribution >= 4 is 0 Å². The Bertz CT molecular complexity index is 263. The van der Waals surface area contributed by atoms with Gasteiger partial charge in [-0.15, -0.1) is 0 Å². The van der Waals surface area contributed by atoms with E-state index < -0.39 is 0 Å². The molecule has 0 spiro atoms. The summed E-state index contributed by atoms with van der Waals surface area (Å²) in [7, 11) is 3.49. The Morgan fingerprint density at radius 3 is 2.71 bits per heavy atom. The standard InChI is InChI=1S/C10H17N3O/c1-8(11)10(13(2)14-3)9-5-4-6-12-7-9/h4-8,10H,11H2,1-3H3. The van der Waals surface area contributed by atoms with Crippen molar-refractivity contribution in [2.24, 2.45) is 5.73 Å². The van der Waals surface area contributed by atoms with E-state index in [0.717, 1.165) is 5.56 Å². The van der Waals surface area contributed by atoms with Crippen molar-refractivity contribution in [2.75, 3.05) is 14.2 Å². The van der Waals surface area contributed by atoms with Gasteiger partial charge in [0, 0.05) is 25.5 Å². The van der Waals surface area contributed by atoms with Crippen LogP contribution in [0.5, 0.6) is 0 Å². The maximum atomic E-state index is 5.90. The first kappa shape index (κ1) is 11.1. The van der Waals surface area contributed by atoms with Gasteiger partial charge in [-0.2, -0.15) is 5.06 Å². The number of aromatic nitrogens is 1. The summed E-state index contributed by atoms with van der Waals surface area (Å²) in [6, 6.07) is 3.92. The third-order valence-corrected chi connectivity index (χ3v) is 2.20. The minimum atomic E-state index is -0.0100. The second-order valence-corrected chi connectivity index (χ2v) is 3.32. The fraction of sp³-hybridized carbons (Fsp3) is 0.500. The molecule has 0 aliphatic rings. The Balaban J connectivity index is 2.89. The van der Waals surface area contributed by atoms with Crippen molar-refractivity contribution in [3.8, 4) is 0 Å². The Labute approximate surface area is 84.6 Å². The molecule has 78 valence electrons. The van der Waals surface area contributed by atoms with Crippen molar-refractivity contribution in [1.29, 1.82) is 0 Å². The number of pyridine rings is 1. The first-order chi connectivity index (χ1) is 6.66. The van der Waals surface area contributed by atoms with Gasteiger partial charge in [-0.3, -0.25) is 4.98 Å². The molecule has 4 heteroatoms. The van der Waals surface area contributed by atoms with Crippen LogP contribution in [0, 0.1) is 0 Å². The highest BCUT2D eigenvalue weighted by atomic mass is 16.7. The van der Waals surface area contributed by atoms with Crippen LogP contribution in [0.4, 0.5) is 0 Å². The zero-order chi connectivity index (χ0) is 10.6. The van der Waals surface area contributed by atoms with Crippen molar-refractivity contribution in [3.05, 3.63) is 30.1 Å². The van der Waals surface area contributed by atoms with Gasteiger partial charge >= 0.3 is 0 Å². The van der Waals surface area contributed by atoms with E-state index >= 15 is 0 Å². The Morgan fingerprint density at radius 2 is 2.29 bits per heavy atom. The van der Waals surface area contributed by atoms with Gasteiger partial charge in [0.05, 0.1) is 13.2 Å². The number of likely N-dealkylation sites (N-methyl/N-ethyl adjacent to an activating group) is 1. The number of rotatable bonds is 4. The number of nitrogens with two attached hydrogens (primary N) is 1. The van der Waals surface area contributed by atoms with Gasteiger partial charge in [0.15, 0.2) is 0 Å². The molecule has 4 nitrogen and oxygen atoms in total. The summed E-state index contributed by atoms with van der Waals surface area (Å²) in [6.07, 6.45) is 3.55. The Hall–Kier alpha value is -0.970. The fourth-order valence-electron chi connectivity index (χ4n) is 1.51. The molecule has 1 aromatic rings.